The van der Waals surface area contributed by atoms with Crippen molar-refractivity contribution in [3.63, 3.8) is 0 Å². The first-order valence-electron chi connectivity index (χ1n) is 8.75. The molecule has 1 heterocycles. The standard InChI is InChI=1S/C21H17Cl3N2O3S/c1-12-7-14(21(27)26-30(2,28)29)4-5-16(12)15-10-19(24)20(25-11-15)9-13-3-6-17(22)18(23)8-13/h3-8,10-11H,9H2,1-2H3,(H,26,27). The minimum absolute atomic E-state index is 0.247. The lowest BCUT2D eigenvalue weighted by atomic mass is 9.99. The molecule has 0 bridgehead atoms. The van der Waals surface area contributed by atoms with E-state index in [9.17, 15) is 13.2 Å². The van der Waals surface area contributed by atoms with E-state index in [2.05, 4.69) is 4.98 Å². The summed E-state index contributed by atoms with van der Waals surface area (Å²) in [4.78, 5) is 16.5. The number of sulfonamides is 1. The number of halogens is 3. The molecule has 3 rings (SSSR count). The van der Waals surface area contributed by atoms with Crippen molar-refractivity contribution in [3.8, 4) is 11.1 Å². The van der Waals surface area contributed by atoms with E-state index in [-0.39, 0.29) is 5.56 Å². The number of hydrogen-bond acceptors (Lipinski definition) is 4. The second-order valence-corrected chi connectivity index (χ2v) is 9.78. The van der Waals surface area contributed by atoms with Crippen molar-refractivity contribution < 1.29 is 13.2 Å². The quantitative estimate of drug-likeness (QED) is 0.534. The molecule has 2 aromatic carbocycles. The highest BCUT2D eigenvalue weighted by Gasteiger charge is 2.14. The normalized spacial score (nSPS) is 11.4. The molecule has 0 aliphatic heterocycles. The van der Waals surface area contributed by atoms with Crippen LogP contribution in [0, 0.1) is 6.92 Å². The first kappa shape index (κ1) is 22.6. The Morgan fingerprint density at radius 3 is 2.33 bits per heavy atom. The minimum atomic E-state index is -3.63. The number of rotatable bonds is 5. The monoisotopic (exact) mass is 482 g/mol. The van der Waals surface area contributed by atoms with Crippen molar-refractivity contribution in [2.75, 3.05) is 6.26 Å². The Hall–Kier alpha value is -2.12. The summed E-state index contributed by atoms with van der Waals surface area (Å²) in [6.07, 6.45) is 3.14. The van der Waals surface area contributed by atoms with Crippen LogP contribution in [0.2, 0.25) is 15.1 Å². The molecule has 0 aliphatic rings. The summed E-state index contributed by atoms with van der Waals surface area (Å²) < 4.78 is 24.5. The fraction of sp³-hybridized carbons (Fsp3) is 0.143. The van der Waals surface area contributed by atoms with Crippen LogP contribution in [0.1, 0.15) is 27.2 Å². The van der Waals surface area contributed by atoms with Crippen LogP contribution in [0.4, 0.5) is 0 Å². The summed E-state index contributed by atoms with van der Waals surface area (Å²) in [6.45, 7) is 1.82. The topological polar surface area (TPSA) is 76.1 Å². The molecule has 1 amide bonds. The van der Waals surface area contributed by atoms with Crippen LogP contribution in [0.5, 0.6) is 0 Å². The maximum absolute atomic E-state index is 12.0. The molecule has 0 unspecified atom stereocenters. The van der Waals surface area contributed by atoms with Crippen molar-refractivity contribution in [2.24, 2.45) is 0 Å². The van der Waals surface area contributed by atoms with Gasteiger partial charge in [0.05, 0.1) is 27.0 Å². The van der Waals surface area contributed by atoms with E-state index in [1.807, 2.05) is 17.7 Å². The molecule has 9 heteroatoms. The second kappa shape index (κ2) is 8.94. The van der Waals surface area contributed by atoms with E-state index in [1.54, 1.807) is 42.6 Å². The third-order valence-corrected chi connectivity index (χ3v) is 5.97. The van der Waals surface area contributed by atoms with Gasteiger partial charge in [-0.1, -0.05) is 46.9 Å². The van der Waals surface area contributed by atoms with E-state index in [0.717, 1.165) is 28.5 Å². The van der Waals surface area contributed by atoms with Crippen molar-refractivity contribution in [3.05, 3.63) is 86.1 Å². The van der Waals surface area contributed by atoms with Gasteiger partial charge in [0.25, 0.3) is 5.91 Å². The van der Waals surface area contributed by atoms with Gasteiger partial charge >= 0.3 is 0 Å². The molecule has 3 aromatic rings. The van der Waals surface area contributed by atoms with E-state index in [1.165, 1.54) is 0 Å². The summed E-state index contributed by atoms with van der Waals surface area (Å²) in [6, 6.07) is 12.1. The van der Waals surface area contributed by atoms with Gasteiger partial charge in [-0.05, 0) is 53.9 Å². The molecule has 0 saturated heterocycles. The average Bonchev–Trinajstić information content (AvgIpc) is 2.65. The van der Waals surface area contributed by atoms with Crippen LogP contribution < -0.4 is 4.72 Å². The number of benzene rings is 2. The third-order valence-electron chi connectivity index (χ3n) is 4.35. The first-order valence-corrected chi connectivity index (χ1v) is 11.8. The summed E-state index contributed by atoms with van der Waals surface area (Å²) in [7, 11) is -3.63. The Morgan fingerprint density at radius 2 is 1.73 bits per heavy atom. The fourth-order valence-electron chi connectivity index (χ4n) is 2.94. The highest BCUT2D eigenvalue weighted by atomic mass is 35.5. The van der Waals surface area contributed by atoms with Crippen LogP contribution in [0.3, 0.4) is 0 Å². The predicted octanol–water partition coefficient (Wildman–Crippen LogP) is 5.30. The number of carbonyl (C=O) groups is 1. The first-order chi connectivity index (χ1) is 14.0. The smallest absolute Gasteiger partial charge is 0.264 e. The van der Waals surface area contributed by atoms with E-state index >= 15 is 0 Å². The van der Waals surface area contributed by atoms with Gasteiger partial charge in [0.2, 0.25) is 10.0 Å². The zero-order valence-corrected chi connectivity index (χ0v) is 19.1. The number of hydrogen-bond donors (Lipinski definition) is 1. The van der Waals surface area contributed by atoms with Gasteiger partial charge < -0.3 is 0 Å². The number of aryl methyl sites for hydroxylation is 1. The Bertz CT molecular complexity index is 1240. The van der Waals surface area contributed by atoms with Crippen molar-refractivity contribution in [1.82, 2.24) is 9.71 Å². The lowest BCUT2D eigenvalue weighted by molar-refractivity contribution is 0.0981. The molecular formula is C21H17Cl3N2O3S. The molecule has 5 nitrogen and oxygen atoms in total. The highest BCUT2D eigenvalue weighted by molar-refractivity contribution is 7.89. The Labute approximate surface area is 190 Å². The minimum Gasteiger partial charge on any atom is -0.268 e. The van der Waals surface area contributed by atoms with Crippen LogP contribution in [-0.4, -0.2) is 25.6 Å². The molecule has 0 radical (unpaired) electrons. The van der Waals surface area contributed by atoms with Gasteiger partial charge in [0.15, 0.2) is 0 Å². The molecule has 0 fully saturated rings. The average molecular weight is 484 g/mol. The molecule has 0 aliphatic carbocycles. The van der Waals surface area contributed by atoms with E-state index in [0.29, 0.717) is 27.2 Å². The van der Waals surface area contributed by atoms with Crippen LogP contribution in [-0.2, 0) is 16.4 Å². The van der Waals surface area contributed by atoms with Gasteiger partial charge in [0, 0.05) is 23.7 Å². The van der Waals surface area contributed by atoms with Crippen molar-refractivity contribution in [1.29, 1.82) is 0 Å². The van der Waals surface area contributed by atoms with Gasteiger partial charge in [-0.15, -0.1) is 0 Å². The zero-order chi connectivity index (χ0) is 22.1. The maximum Gasteiger partial charge on any atom is 0.264 e. The summed E-state index contributed by atoms with van der Waals surface area (Å²) in [5.74, 6) is -0.680. The van der Waals surface area contributed by atoms with Gasteiger partial charge in [0.1, 0.15) is 0 Å². The lowest BCUT2D eigenvalue weighted by Gasteiger charge is -2.11. The highest BCUT2D eigenvalue weighted by Crippen LogP contribution is 2.29. The molecule has 1 N–H and O–H groups in total. The van der Waals surface area contributed by atoms with Gasteiger partial charge in [-0.3, -0.25) is 9.78 Å². The van der Waals surface area contributed by atoms with Crippen LogP contribution in [0.15, 0.2) is 48.7 Å². The number of pyridine rings is 1. The lowest BCUT2D eigenvalue weighted by Crippen LogP contribution is -2.29. The third kappa shape index (κ3) is 5.52. The fourth-order valence-corrected chi connectivity index (χ4v) is 3.95. The molecule has 156 valence electrons. The predicted molar refractivity (Wildman–Crippen MR) is 121 cm³/mol. The Balaban J connectivity index is 1.85. The SMILES string of the molecule is Cc1cc(C(=O)NS(C)(=O)=O)ccc1-c1cnc(Cc2ccc(Cl)c(Cl)c2)c(Cl)c1. The summed E-state index contributed by atoms with van der Waals surface area (Å²) >= 11 is 18.5. The number of nitrogens with one attached hydrogen (secondary N) is 1. The number of carbonyl (C=O) groups excluding carboxylic acids is 1. The largest absolute Gasteiger partial charge is 0.268 e. The molecule has 0 spiro atoms. The van der Waals surface area contributed by atoms with Crippen molar-refractivity contribution >= 4 is 50.7 Å². The van der Waals surface area contributed by atoms with Crippen molar-refractivity contribution in [2.45, 2.75) is 13.3 Å². The zero-order valence-electron chi connectivity index (χ0n) is 16.0. The molecule has 30 heavy (non-hydrogen) atoms. The molecule has 0 atom stereocenters. The molecule has 1 aromatic heterocycles. The van der Waals surface area contributed by atoms with Gasteiger partial charge in [-0.25, -0.2) is 13.1 Å². The Kier molecular flexibility index (Phi) is 6.72. The number of amides is 1. The van der Waals surface area contributed by atoms with Gasteiger partial charge in [-0.2, -0.15) is 0 Å². The number of nitrogens with zero attached hydrogens (tertiary/aromatic N) is 1. The molecular weight excluding hydrogens is 467 g/mol. The number of aromatic nitrogens is 1. The molecule has 0 saturated carbocycles. The van der Waals surface area contributed by atoms with Crippen LogP contribution >= 0.6 is 34.8 Å². The summed E-state index contributed by atoms with van der Waals surface area (Å²) in [5.41, 5.74) is 4.28. The maximum atomic E-state index is 12.0. The van der Waals surface area contributed by atoms with E-state index < -0.39 is 15.9 Å². The Morgan fingerprint density at radius 1 is 1.00 bits per heavy atom. The van der Waals surface area contributed by atoms with E-state index in [4.69, 9.17) is 34.8 Å². The summed E-state index contributed by atoms with van der Waals surface area (Å²) in [5, 5.41) is 1.45. The second-order valence-electron chi connectivity index (χ2n) is 6.81. The van der Waals surface area contributed by atoms with Crippen LogP contribution in [0.25, 0.3) is 11.1 Å².